The fourth-order valence-corrected chi connectivity index (χ4v) is 3.37. The zero-order valence-corrected chi connectivity index (χ0v) is 17.1. The number of hydrogen-bond acceptors (Lipinski definition) is 2. The van der Waals surface area contributed by atoms with Crippen LogP contribution in [0.1, 0.15) is 40.7 Å². The molecule has 0 radical (unpaired) electrons. The predicted octanol–water partition coefficient (Wildman–Crippen LogP) is 4.78. The van der Waals surface area contributed by atoms with Crippen LogP contribution in [0.3, 0.4) is 0 Å². The first-order valence-electron chi connectivity index (χ1n) is 10.2. The van der Waals surface area contributed by atoms with Crippen LogP contribution in [-0.2, 0) is 0 Å². The lowest BCUT2D eigenvalue weighted by Gasteiger charge is -2.18. The lowest BCUT2D eigenvalue weighted by Crippen LogP contribution is -2.30. The van der Waals surface area contributed by atoms with Gasteiger partial charge in [-0.1, -0.05) is 60.7 Å². The van der Waals surface area contributed by atoms with E-state index in [4.69, 9.17) is 0 Å². The van der Waals surface area contributed by atoms with Crippen molar-refractivity contribution in [2.24, 2.45) is 0 Å². The standard InChI is InChI=1S/C25H27N3O2/c1-2-26-24(29)21-13-15-22(16-14-21)28-25(30)27-18-17-23(19-9-5-3-6-10-19)20-11-7-4-8-12-20/h3-16,23H,2,17-18H2,1H3,(H,26,29)(H2,27,28,30). The molecule has 3 aromatic carbocycles. The molecule has 0 fully saturated rings. The first-order chi connectivity index (χ1) is 14.7. The Morgan fingerprint density at radius 1 is 0.767 bits per heavy atom. The average molecular weight is 402 g/mol. The van der Waals surface area contributed by atoms with Crippen molar-refractivity contribution in [3.8, 4) is 0 Å². The topological polar surface area (TPSA) is 70.2 Å². The van der Waals surface area contributed by atoms with Gasteiger partial charge in [-0.25, -0.2) is 4.79 Å². The predicted molar refractivity (Wildman–Crippen MR) is 121 cm³/mol. The maximum Gasteiger partial charge on any atom is 0.319 e. The van der Waals surface area contributed by atoms with E-state index >= 15 is 0 Å². The molecule has 0 aliphatic carbocycles. The molecule has 3 rings (SSSR count). The molecule has 0 atom stereocenters. The summed E-state index contributed by atoms with van der Waals surface area (Å²) >= 11 is 0. The fourth-order valence-electron chi connectivity index (χ4n) is 3.37. The van der Waals surface area contributed by atoms with Gasteiger partial charge in [0.05, 0.1) is 0 Å². The average Bonchev–Trinajstić information content (AvgIpc) is 2.78. The molecule has 0 unspecified atom stereocenters. The molecular weight excluding hydrogens is 374 g/mol. The highest BCUT2D eigenvalue weighted by atomic mass is 16.2. The van der Waals surface area contributed by atoms with Gasteiger partial charge in [-0.2, -0.15) is 0 Å². The first kappa shape index (κ1) is 21.1. The van der Waals surface area contributed by atoms with E-state index in [2.05, 4.69) is 40.2 Å². The number of amides is 3. The minimum absolute atomic E-state index is 0.124. The third kappa shape index (κ3) is 5.95. The van der Waals surface area contributed by atoms with E-state index in [0.717, 1.165) is 6.42 Å². The van der Waals surface area contributed by atoms with Gasteiger partial charge in [0.25, 0.3) is 5.91 Å². The number of carbonyl (C=O) groups is 2. The van der Waals surface area contributed by atoms with Gasteiger partial charge in [-0.05, 0) is 48.7 Å². The summed E-state index contributed by atoms with van der Waals surface area (Å²) in [6, 6.07) is 27.2. The molecule has 5 nitrogen and oxygen atoms in total. The van der Waals surface area contributed by atoms with Crippen LogP contribution < -0.4 is 16.0 Å². The zero-order valence-electron chi connectivity index (χ0n) is 17.1. The van der Waals surface area contributed by atoms with E-state index in [0.29, 0.717) is 24.3 Å². The lowest BCUT2D eigenvalue weighted by molar-refractivity contribution is 0.0956. The summed E-state index contributed by atoms with van der Waals surface area (Å²) in [4.78, 5) is 24.1. The highest BCUT2D eigenvalue weighted by molar-refractivity contribution is 5.95. The number of hydrogen-bond donors (Lipinski definition) is 3. The van der Waals surface area contributed by atoms with E-state index in [1.54, 1.807) is 24.3 Å². The summed E-state index contributed by atoms with van der Waals surface area (Å²) in [7, 11) is 0. The quantitative estimate of drug-likeness (QED) is 0.508. The van der Waals surface area contributed by atoms with E-state index in [1.807, 2.05) is 43.3 Å². The summed E-state index contributed by atoms with van der Waals surface area (Å²) in [6.07, 6.45) is 0.789. The Morgan fingerprint density at radius 2 is 1.33 bits per heavy atom. The van der Waals surface area contributed by atoms with Crippen LogP contribution in [0.2, 0.25) is 0 Å². The van der Waals surface area contributed by atoms with E-state index in [1.165, 1.54) is 11.1 Å². The second-order valence-corrected chi connectivity index (χ2v) is 6.98. The maximum atomic E-state index is 12.3. The monoisotopic (exact) mass is 401 g/mol. The number of carbonyl (C=O) groups excluding carboxylic acids is 2. The SMILES string of the molecule is CCNC(=O)c1ccc(NC(=O)NCCC(c2ccccc2)c2ccccc2)cc1. The van der Waals surface area contributed by atoms with Crippen molar-refractivity contribution in [3.05, 3.63) is 102 Å². The maximum absolute atomic E-state index is 12.3. The van der Waals surface area contributed by atoms with Gasteiger partial charge in [-0.15, -0.1) is 0 Å². The Hall–Kier alpha value is -3.60. The third-order valence-corrected chi connectivity index (χ3v) is 4.86. The van der Waals surface area contributed by atoms with Crippen LogP contribution in [0.5, 0.6) is 0 Å². The number of benzene rings is 3. The number of urea groups is 1. The fraction of sp³-hybridized carbons (Fsp3) is 0.200. The second-order valence-electron chi connectivity index (χ2n) is 6.98. The summed E-state index contributed by atoms with van der Waals surface area (Å²) < 4.78 is 0. The van der Waals surface area contributed by atoms with Crippen molar-refractivity contribution in [1.82, 2.24) is 10.6 Å². The van der Waals surface area contributed by atoms with Crippen LogP contribution in [0.25, 0.3) is 0 Å². The largest absolute Gasteiger partial charge is 0.352 e. The highest BCUT2D eigenvalue weighted by Gasteiger charge is 2.14. The highest BCUT2D eigenvalue weighted by Crippen LogP contribution is 2.27. The van der Waals surface area contributed by atoms with Crippen LogP contribution >= 0.6 is 0 Å². The zero-order chi connectivity index (χ0) is 21.2. The summed E-state index contributed by atoms with van der Waals surface area (Å²) in [5, 5.41) is 8.49. The molecule has 0 heterocycles. The molecule has 0 aliphatic heterocycles. The number of rotatable bonds is 8. The molecule has 5 heteroatoms. The van der Waals surface area contributed by atoms with Gasteiger partial charge in [0.1, 0.15) is 0 Å². The Morgan fingerprint density at radius 3 is 1.87 bits per heavy atom. The molecule has 0 spiro atoms. The molecular formula is C25H27N3O2. The Bertz CT molecular complexity index is 902. The smallest absolute Gasteiger partial charge is 0.319 e. The molecule has 3 amide bonds. The van der Waals surface area contributed by atoms with Gasteiger partial charge < -0.3 is 16.0 Å². The first-order valence-corrected chi connectivity index (χ1v) is 10.2. The molecule has 0 bridgehead atoms. The van der Waals surface area contributed by atoms with Crippen molar-refractivity contribution >= 4 is 17.6 Å². The van der Waals surface area contributed by atoms with Crippen LogP contribution in [-0.4, -0.2) is 25.0 Å². The lowest BCUT2D eigenvalue weighted by atomic mass is 9.88. The van der Waals surface area contributed by atoms with Crippen molar-refractivity contribution in [2.45, 2.75) is 19.3 Å². The molecule has 0 aromatic heterocycles. The normalized spacial score (nSPS) is 10.5. The van der Waals surface area contributed by atoms with Crippen LogP contribution in [0.15, 0.2) is 84.9 Å². The van der Waals surface area contributed by atoms with Gasteiger partial charge in [0.2, 0.25) is 0 Å². The number of nitrogens with one attached hydrogen (secondary N) is 3. The molecule has 0 saturated carbocycles. The molecule has 154 valence electrons. The minimum atomic E-state index is -0.263. The third-order valence-electron chi connectivity index (χ3n) is 4.86. The Labute approximate surface area is 177 Å². The summed E-state index contributed by atoms with van der Waals surface area (Å²) in [6.45, 7) is 2.99. The van der Waals surface area contributed by atoms with Gasteiger partial charge >= 0.3 is 6.03 Å². The molecule has 30 heavy (non-hydrogen) atoms. The second kappa shape index (κ2) is 10.8. The van der Waals surface area contributed by atoms with Crippen molar-refractivity contribution < 1.29 is 9.59 Å². The molecule has 3 N–H and O–H groups in total. The van der Waals surface area contributed by atoms with Gasteiger partial charge in [-0.3, -0.25) is 4.79 Å². The minimum Gasteiger partial charge on any atom is -0.352 e. The van der Waals surface area contributed by atoms with E-state index in [9.17, 15) is 9.59 Å². The van der Waals surface area contributed by atoms with E-state index in [-0.39, 0.29) is 17.9 Å². The summed E-state index contributed by atoms with van der Waals surface area (Å²) in [5.41, 5.74) is 3.67. The van der Waals surface area contributed by atoms with Crippen molar-refractivity contribution in [1.29, 1.82) is 0 Å². The van der Waals surface area contributed by atoms with Crippen LogP contribution in [0.4, 0.5) is 10.5 Å². The molecule has 0 aliphatic rings. The summed E-state index contributed by atoms with van der Waals surface area (Å²) in [5.74, 6) is 0.0884. The molecule has 0 saturated heterocycles. The van der Waals surface area contributed by atoms with E-state index < -0.39 is 0 Å². The molecule has 3 aromatic rings. The Balaban J connectivity index is 1.55. The van der Waals surface area contributed by atoms with Gasteiger partial charge in [0, 0.05) is 30.3 Å². The number of anilines is 1. The van der Waals surface area contributed by atoms with Gasteiger partial charge in [0.15, 0.2) is 0 Å². The Kier molecular flexibility index (Phi) is 7.61. The van der Waals surface area contributed by atoms with Crippen molar-refractivity contribution in [2.75, 3.05) is 18.4 Å². The van der Waals surface area contributed by atoms with Crippen LogP contribution in [0, 0.1) is 0 Å². The van der Waals surface area contributed by atoms with Crippen molar-refractivity contribution in [3.63, 3.8) is 0 Å².